The van der Waals surface area contributed by atoms with Gasteiger partial charge in [-0.05, 0) is 67.3 Å². The van der Waals surface area contributed by atoms with E-state index in [1.54, 1.807) is 37.4 Å². The summed E-state index contributed by atoms with van der Waals surface area (Å²) in [4.78, 5) is 27.1. The first-order valence-electron chi connectivity index (χ1n) is 12.7. The SMILES string of the molecule is COCC1=C2[C@@H](CC/C(C)=C/c3ccc(O)c(F)c3)OB(O)C[C@@H]2[C@@H]2C(=O)c3ccccc3C(=O)[C@@H]2C1. The summed E-state index contributed by atoms with van der Waals surface area (Å²) in [7, 11) is 0.562. The first-order chi connectivity index (χ1) is 17.8. The Morgan fingerprint density at radius 3 is 2.59 bits per heavy atom. The molecule has 0 spiro atoms. The van der Waals surface area contributed by atoms with Gasteiger partial charge in [0.25, 0.3) is 0 Å². The van der Waals surface area contributed by atoms with Crippen LogP contribution >= 0.6 is 0 Å². The quantitative estimate of drug-likeness (QED) is 0.431. The lowest BCUT2D eigenvalue weighted by molar-refractivity contribution is 0.0584. The van der Waals surface area contributed by atoms with Crippen LogP contribution in [0.4, 0.5) is 4.39 Å². The van der Waals surface area contributed by atoms with Crippen molar-refractivity contribution in [1.29, 1.82) is 0 Å². The average molecular weight is 504 g/mol. The third-order valence-electron chi connectivity index (χ3n) is 7.87. The molecule has 0 radical (unpaired) electrons. The highest BCUT2D eigenvalue weighted by Gasteiger charge is 2.53. The van der Waals surface area contributed by atoms with Crippen molar-refractivity contribution in [3.63, 3.8) is 0 Å². The normalized spacial score (nSPS) is 25.6. The number of Topliss-reactive ketones (excluding diaryl/α,β-unsaturated/α-hetero) is 2. The molecule has 37 heavy (non-hydrogen) atoms. The summed E-state index contributed by atoms with van der Waals surface area (Å²) in [5, 5.41) is 20.1. The third-order valence-corrected chi connectivity index (χ3v) is 7.87. The second-order valence-corrected chi connectivity index (χ2v) is 10.3. The molecule has 0 bridgehead atoms. The van der Waals surface area contributed by atoms with E-state index in [1.807, 2.05) is 13.0 Å². The van der Waals surface area contributed by atoms with E-state index in [2.05, 4.69) is 0 Å². The van der Waals surface area contributed by atoms with Gasteiger partial charge in [0, 0.05) is 30.1 Å². The van der Waals surface area contributed by atoms with Gasteiger partial charge in [0.2, 0.25) is 0 Å². The maximum absolute atomic E-state index is 13.7. The number of hydrogen-bond acceptors (Lipinski definition) is 6. The molecule has 0 unspecified atom stereocenters. The highest BCUT2D eigenvalue weighted by molar-refractivity contribution is 6.43. The van der Waals surface area contributed by atoms with Crippen LogP contribution in [0.5, 0.6) is 5.75 Å². The lowest BCUT2D eigenvalue weighted by atomic mass is 9.54. The zero-order chi connectivity index (χ0) is 26.3. The molecular weight excluding hydrogens is 474 g/mol. The fraction of sp³-hybridized carbons (Fsp3) is 0.379. The fourth-order valence-electron chi connectivity index (χ4n) is 6.30. The number of aromatic hydroxyl groups is 1. The fourth-order valence-corrected chi connectivity index (χ4v) is 6.30. The number of halogens is 1. The summed E-state index contributed by atoms with van der Waals surface area (Å²) >= 11 is 0. The Morgan fingerprint density at radius 1 is 1.16 bits per heavy atom. The van der Waals surface area contributed by atoms with E-state index in [0.717, 1.165) is 16.7 Å². The van der Waals surface area contributed by atoms with E-state index in [0.29, 0.717) is 42.6 Å². The van der Waals surface area contributed by atoms with Crippen LogP contribution < -0.4 is 0 Å². The molecule has 1 saturated heterocycles. The molecule has 6 nitrogen and oxygen atoms in total. The first kappa shape index (κ1) is 25.6. The van der Waals surface area contributed by atoms with Crippen LogP contribution in [-0.2, 0) is 9.39 Å². The molecule has 2 aliphatic carbocycles. The number of ketones is 2. The molecule has 0 aromatic heterocycles. The van der Waals surface area contributed by atoms with E-state index in [4.69, 9.17) is 9.39 Å². The molecular formula is C29H30BFO6. The Bertz CT molecular complexity index is 1300. The monoisotopic (exact) mass is 504 g/mol. The smallest absolute Gasteiger partial charge is 0.455 e. The van der Waals surface area contributed by atoms with Gasteiger partial charge in [-0.15, -0.1) is 0 Å². The number of methoxy groups -OCH3 is 1. The first-order valence-corrected chi connectivity index (χ1v) is 12.7. The minimum Gasteiger partial charge on any atom is -0.505 e. The Labute approximate surface area is 215 Å². The van der Waals surface area contributed by atoms with Gasteiger partial charge in [-0.3, -0.25) is 9.59 Å². The molecule has 2 aromatic rings. The molecule has 0 saturated carbocycles. The number of phenols is 1. The van der Waals surface area contributed by atoms with Crippen LogP contribution in [0.2, 0.25) is 6.32 Å². The number of carbonyl (C=O) groups excluding carboxylic acids is 2. The maximum atomic E-state index is 13.7. The van der Waals surface area contributed by atoms with Gasteiger partial charge in [-0.25, -0.2) is 4.39 Å². The number of phenolic OH excluding ortho intramolecular Hbond substituents is 1. The highest BCUT2D eigenvalue weighted by Crippen LogP contribution is 2.50. The van der Waals surface area contributed by atoms with Crippen LogP contribution in [-0.4, -0.2) is 48.6 Å². The van der Waals surface area contributed by atoms with Crippen LogP contribution in [0, 0.1) is 23.6 Å². The average Bonchev–Trinajstić information content (AvgIpc) is 2.87. The number of hydrogen-bond donors (Lipinski definition) is 2. The molecule has 4 atom stereocenters. The maximum Gasteiger partial charge on any atom is 0.455 e. The van der Waals surface area contributed by atoms with Gasteiger partial charge in [0.15, 0.2) is 23.1 Å². The standard InChI is InChI=1S/C29H30BFO6/c1-16(11-17-8-9-24(32)23(31)12-17)7-10-25-26-18(15-36-2)13-21-27(22(26)14-30(35)37-25)29(34)20-6-4-3-5-19(20)28(21)33/h3-6,8-9,11-12,21-22,25,27,32,35H,7,10,13-15H2,1-2H3/b16-11+/t21-,22+,25-,27-/m1/s1. The molecule has 1 fully saturated rings. The zero-order valence-corrected chi connectivity index (χ0v) is 20.9. The predicted octanol–water partition coefficient (Wildman–Crippen LogP) is 4.87. The second kappa shape index (κ2) is 10.4. The predicted molar refractivity (Wildman–Crippen MR) is 138 cm³/mol. The minimum atomic E-state index is -1.04. The van der Waals surface area contributed by atoms with Gasteiger partial charge >= 0.3 is 7.12 Å². The summed E-state index contributed by atoms with van der Waals surface area (Å²) < 4.78 is 25.2. The number of allylic oxidation sites excluding steroid dienone is 1. The van der Waals surface area contributed by atoms with E-state index < -0.39 is 36.6 Å². The Balaban J connectivity index is 1.45. The van der Waals surface area contributed by atoms with Crippen LogP contribution in [0.1, 0.15) is 52.5 Å². The number of carbonyl (C=O) groups is 2. The van der Waals surface area contributed by atoms with E-state index in [9.17, 15) is 24.1 Å². The topological polar surface area (TPSA) is 93.1 Å². The molecule has 192 valence electrons. The lowest BCUT2D eigenvalue weighted by Gasteiger charge is -2.47. The number of benzene rings is 2. The van der Waals surface area contributed by atoms with Crippen molar-refractivity contribution in [1.82, 2.24) is 0 Å². The molecule has 2 N–H and O–H groups in total. The molecule has 8 heteroatoms. The summed E-state index contributed by atoms with van der Waals surface area (Å²) in [5.41, 5.74) is 4.49. The van der Waals surface area contributed by atoms with Gasteiger partial charge in [-0.2, -0.15) is 0 Å². The summed E-state index contributed by atoms with van der Waals surface area (Å²) in [6, 6.07) is 11.2. The molecule has 5 rings (SSSR count). The van der Waals surface area contributed by atoms with Crippen molar-refractivity contribution in [2.45, 2.75) is 38.6 Å². The van der Waals surface area contributed by atoms with Crippen molar-refractivity contribution < 1.29 is 33.5 Å². The lowest BCUT2D eigenvalue weighted by Crippen LogP contribution is -2.51. The van der Waals surface area contributed by atoms with Gasteiger partial charge in [-0.1, -0.05) is 42.0 Å². The minimum absolute atomic E-state index is 0.0229. The van der Waals surface area contributed by atoms with Crippen LogP contribution in [0.25, 0.3) is 6.08 Å². The Kier molecular flexibility index (Phi) is 7.16. The van der Waals surface area contributed by atoms with Crippen LogP contribution in [0.3, 0.4) is 0 Å². The highest BCUT2D eigenvalue weighted by atomic mass is 19.1. The van der Waals surface area contributed by atoms with Gasteiger partial charge in [0.05, 0.1) is 12.7 Å². The Hall–Kier alpha value is -3.07. The van der Waals surface area contributed by atoms with E-state index in [-0.39, 0.29) is 23.8 Å². The van der Waals surface area contributed by atoms with Crippen LogP contribution in [0.15, 0.2) is 59.2 Å². The third kappa shape index (κ3) is 4.81. The number of ether oxygens (including phenoxy) is 1. The molecule has 1 heterocycles. The van der Waals surface area contributed by atoms with E-state index >= 15 is 0 Å². The number of rotatable bonds is 6. The van der Waals surface area contributed by atoms with Gasteiger partial charge in [0.1, 0.15) is 0 Å². The van der Waals surface area contributed by atoms with Crippen molar-refractivity contribution in [3.05, 3.63) is 81.7 Å². The summed E-state index contributed by atoms with van der Waals surface area (Å²) in [5.74, 6) is -2.45. The van der Waals surface area contributed by atoms with E-state index in [1.165, 1.54) is 12.1 Å². The molecule has 2 aromatic carbocycles. The Morgan fingerprint density at radius 2 is 1.89 bits per heavy atom. The molecule has 0 amide bonds. The van der Waals surface area contributed by atoms with Crippen molar-refractivity contribution in [2.24, 2.45) is 17.8 Å². The van der Waals surface area contributed by atoms with Crippen molar-refractivity contribution >= 4 is 24.8 Å². The number of fused-ring (bicyclic) bond motifs is 4. The largest absolute Gasteiger partial charge is 0.505 e. The molecule has 3 aliphatic rings. The molecule has 1 aliphatic heterocycles. The van der Waals surface area contributed by atoms with Crippen molar-refractivity contribution in [2.75, 3.05) is 13.7 Å². The summed E-state index contributed by atoms with van der Waals surface area (Å²) in [6.07, 6.45) is 3.26. The van der Waals surface area contributed by atoms with Crippen molar-refractivity contribution in [3.8, 4) is 5.75 Å². The summed E-state index contributed by atoms with van der Waals surface area (Å²) in [6.45, 7) is 2.26. The van der Waals surface area contributed by atoms with Gasteiger partial charge < -0.3 is 19.5 Å². The second-order valence-electron chi connectivity index (χ2n) is 10.3. The zero-order valence-electron chi connectivity index (χ0n) is 20.9.